The molecule has 2 heterocycles. The third kappa shape index (κ3) is 3.91. The molecule has 0 N–H and O–H groups in total. The minimum Gasteiger partial charge on any atom is -0.313 e. The highest BCUT2D eigenvalue weighted by atomic mass is 32.2. The largest absolute Gasteiger partial charge is 0.313 e. The van der Waals surface area contributed by atoms with Crippen molar-refractivity contribution in [3.63, 3.8) is 0 Å². The van der Waals surface area contributed by atoms with Gasteiger partial charge in [-0.15, -0.1) is 0 Å². The first-order valence-electron chi connectivity index (χ1n) is 9.15. The molecule has 2 aromatic heterocycles. The van der Waals surface area contributed by atoms with Gasteiger partial charge in [-0.05, 0) is 43.5 Å². The van der Waals surface area contributed by atoms with Crippen LogP contribution in [0.15, 0.2) is 66.1 Å². The van der Waals surface area contributed by atoms with Gasteiger partial charge in [0.15, 0.2) is 5.16 Å². The topological polar surface area (TPSA) is 30.7 Å². The Balaban J connectivity index is 1.68. The third-order valence-electron chi connectivity index (χ3n) is 4.80. The monoisotopic (exact) mass is 373 g/mol. The highest BCUT2D eigenvalue weighted by Gasteiger charge is 2.13. The number of imidazole rings is 1. The Bertz CT molecular complexity index is 1100. The number of pyridine rings is 1. The Morgan fingerprint density at radius 3 is 2.67 bits per heavy atom. The molecule has 3 nitrogen and oxygen atoms in total. The Hall–Kier alpha value is -2.59. The van der Waals surface area contributed by atoms with E-state index in [9.17, 15) is 0 Å². The molecule has 0 aliphatic rings. The number of hydrogen-bond donors (Lipinski definition) is 0. The number of benzene rings is 2. The quantitative estimate of drug-likeness (QED) is 0.421. The lowest BCUT2D eigenvalue weighted by molar-refractivity contribution is 0.729. The standard InChI is InChI=1S/C23H23N3S/c1-16-5-4-6-19(11-16)14-26-22-13-24-10-9-21(22)25-23(26)27-15-20-12-17(2)7-8-18(20)3/h4-13H,14-15H2,1-3H3. The van der Waals surface area contributed by atoms with Crippen molar-refractivity contribution in [2.24, 2.45) is 0 Å². The summed E-state index contributed by atoms with van der Waals surface area (Å²) in [4.78, 5) is 9.20. The average molecular weight is 374 g/mol. The summed E-state index contributed by atoms with van der Waals surface area (Å²) in [5.41, 5.74) is 8.65. The van der Waals surface area contributed by atoms with Gasteiger partial charge in [-0.25, -0.2) is 4.98 Å². The van der Waals surface area contributed by atoms with Gasteiger partial charge in [0, 0.05) is 11.9 Å². The second kappa shape index (κ2) is 7.57. The molecule has 0 aliphatic heterocycles. The number of hydrogen-bond acceptors (Lipinski definition) is 3. The van der Waals surface area contributed by atoms with Crippen LogP contribution in [-0.4, -0.2) is 14.5 Å². The van der Waals surface area contributed by atoms with Gasteiger partial charge in [0.2, 0.25) is 0 Å². The molecule has 136 valence electrons. The Labute approximate surface area is 164 Å². The van der Waals surface area contributed by atoms with E-state index < -0.39 is 0 Å². The van der Waals surface area contributed by atoms with Crippen LogP contribution in [0.2, 0.25) is 0 Å². The maximum absolute atomic E-state index is 4.88. The predicted octanol–water partition coefficient (Wildman–Crippen LogP) is 5.70. The van der Waals surface area contributed by atoms with Crippen molar-refractivity contribution in [1.29, 1.82) is 0 Å². The van der Waals surface area contributed by atoms with Gasteiger partial charge in [-0.3, -0.25) is 4.98 Å². The molecule has 27 heavy (non-hydrogen) atoms. The average Bonchev–Trinajstić information content (AvgIpc) is 3.00. The smallest absolute Gasteiger partial charge is 0.169 e. The lowest BCUT2D eigenvalue weighted by Gasteiger charge is -2.11. The molecule has 4 heteroatoms. The number of aromatic nitrogens is 3. The van der Waals surface area contributed by atoms with Crippen LogP contribution in [0.3, 0.4) is 0 Å². The molecule has 0 saturated carbocycles. The molecule has 0 unspecified atom stereocenters. The molecule has 0 amide bonds. The summed E-state index contributed by atoms with van der Waals surface area (Å²) in [7, 11) is 0. The lowest BCUT2D eigenvalue weighted by Crippen LogP contribution is -2.02. The maximum atomic E-state index is 4.88. The van der Waals surface area contributed by atoms with Gasteiger partial charge in [-0.1, -0.05) is 65.4 Å². The fourth-order valence-electron chi connectivity index (χ4n) is 3.30. The normalized spacial score (nSPS) is 11.2. The van der Waals surface area contributed by atoms with Crippen molar-refractivity contribution in [3.8, 4) is 0 Å². The van der Waals surface area contributed by atoms with Crippen LogP contribution in [0.5, 0.6) is 0 Å². The molecule has 0 fully saturated rings. The summed E-state index contributed by atoms with van der Waals surface area (Å²) in [5.74, 6) is 0.915. The van der Waals surface area contributed by atoms with Crippen LogP contribution in [0.4, 0.5) is 0 Å². The molecule has 0 aliphatic carbocycles. The molecule has 0 spiro atoms. The van der Waals surface area contributed by atoms with E-state index >= 15 is 0 Å². The number of thioether (sulfide) groups is 1. The van der Waals surface area contributed by atoms with Gasteiger partial charge in [-0.2, -0.15) is 0 Å². The van der Waals surface area contributed by atoms with E-state index in [1.54, 1.807) is 11.8 Å². The van der Waals surface area contributed by atoms with E-state index in [4.69, 9.17) is 4.98 Å². The molecule has 0 saturated heterocycles. The molecular weight excluding hydrogens is 350 g/mol. The van der Waals surface area contributed by atoms with Crippen molar-refractivity contribution in [2.45, 2.75) is 38.2 Å². The van der Waals surface area contributed by atoms with Gasteiger partial charge < -0.3 is 4.57 Å². The van der Waals surface area contributed by atoms with Crippen molar-refractivity contribution in [2.75, 3.05) is 0 Å². The summed E-state index contributed by atoms with van der Waals surface area (Å²) in [6.07, 6.45) is 3.73. The molecule has 4 rings (SSSR count). The molecular formula is C23H23N3S. The third-order valence-corrected chi connectivity index (χ3v) is 5.83. The van der Waals surface area contributed by atoms with Crippen LogP contribution >= 0.6 is 11.8 Å². The van der Waals surface area contributed by atoms with Gasteiger partial charge in [0.1, 0.15) is 0 Å². The number of nitrogens with zero attached hydrogens (tertiary/aromatic N) is 3. The van der Waals surface area contributed by atoms with Crippen LogP contribution in [0, 0.1) is 20.8 Å². The highest BCUT2D eigenvalue weighted by molar-refractivity contribution is 7.98. The maximum Gasteiger partial charge on any atom is 0.169 e. The Kier molecular flexibility index (Phi) is 4.99. The zero-order valence-corrected chi connectivity index (χ0v) is 16.8. The SMILES string of the molecule is Cc1cccc(Cn2c(SCc3cc(C)ccc3C)nc3ccncc32)c1. The summed E-state index contributed by atoms with van der Waals surface area (Å²) >= 11 is 1.80. The fourth-order valence-corrected chi connectivity index (χ4v) is 4.38. The molecule has 2 aromatic carbocycles. The zero-order valence-electron chi connectivity index (χ0n) is 15.9. The van der Waals surface area contributed by atoms with Crippen molar-refractivity contribution >= 4 is 22.8 Å². The Morgan fingerprint density at radius 2 is 1.81 bits per heavy atom. The summed E-state index contributed by atoms with van der Waals surface area (Å²) < 4.78 is 2.28. The van der Waals surface area contributed by atoms with Crippen molar-refractivity contribution in [3.05, 3.63) is 88.7 Å². The minimum absolute atomic E-state index is 0.805. The number of aryl methyl sites for hydroxylation is 3. The first-order valence-corrected chi connectivity index (χ1v) is 10.1. The summed E-state index contributed by atoms with van der Waals surface area (Å²) in [6.45, 7) is 7.26. The van der Waals surface area contributed by atoms with E-state index in [0.29, 0.717) is 0 Å². The van der Waals surface area contributed by atoms with E-state index in [1.165, 1.54) is 27.8 Å². The predicted molar refractivity (Wildman–Crippen MR) is 113 cm³/mol. The number of fused-ring (bicyclic) bond motifs is 1. The van der Waals surface area contributed by atoms with Crippen LogP contribution in [0.1, 0.15) is 27.8 Å². The summed E-state index contributed by atoms with van der Waals surface area (Å²) in [5, 5.41) is 1.04. The van der Waals surface area contributed by atoms with E-state index in [-0.39, 0.29) is 0 Å². The van der Waals surface area contributed by atoms with E-state index in [2.05, 4.69) is 72.8 Å². The second-order valence-corrected chi connectivity index (χ2v) is 8.00. The van der Waals surface area contributed by atoms with Crippen LogP contribution in [-0.2, 0) is 12.3 Å². The van der Waals surface area contributed by atoms with E-state index in [1.807, 2.05) is 18.5 Å². The fraction of sp³-hybridized carbons (Fsp3) is 0.217. The van der Waals surface area contributed by atoms with Gasteiger partial charge in [0.05, 0.1) is 23.8 Å². The molecule has 0 atom stereocenters. The molecule has 0 radical (unpaired) electrons. The second-order valence-electron chi connectivity index (χ2n) is 7.05. The zero-order chi connectivity index (χ0) is 18.8. The first kappa shape index (κ1) is 17.8. The van der Waals surface area contributed by atoms with Gasteiger partial charge in [0.25, 0.3) is 0 Å². The Morgan fingerprint density at radius 1 is 0.963 bits per heavy atom. The highest BCUT2D eigenvalue weighted by Crippen LogP contribution is 2.28. The van der Waals surface area contributed by atoms with Gasteiger partial charge >= 0.3 is 0 Å². The number of rotatable bonds is 5. The first-order chi connectivity index (χ1) is 13.1. The minimum atomic E-state index is 0.805. The van der Waals surface area contributed by atoms with Crippen molar-refractivity contribution in [1.82, 2.24) is 14.5 Å². The van der Waals surface area contributed by atoms with Crippen LogP contribution < -0.4 is 0 Å². The van der Waals surface area contributed by atoms with E-state index in [0.717, 1.165) is 28.5 Å². The van der Waals surface area contributed by atoms with Crippen LogP contribution in [0.25, 0.3) is 11.0 Å². The summed E-state index contributed by atoms with van der Waals surface area (Å²) in [6, 6.07) is 17.3. The lowest BCUT2D eigenvalue weighted by atomic mass is 10.1. The molecule has 0 bridgehead atoms. The molecule has 4 aromatic rings. The van der Waals surface area contributed by atoms with Crippen molar-refractivity contribution < 1.29 is 0 Å².